The quantitative estimate of drug-likeness (QED) is 0.512. The van der Waals surface area contributed by atoms with E-state index in [1.807, 2.05) is 0 Å². The third kappa shape index (κ3) is 2.29. The zero-order chi connectivity index (χ0) is 13.5. The van der Waals surface area contributed by atoms with Gasteiger partial charge in [-0.3, -0.25) is 0 Å². The van der Waals surface area contributed by atoms with E-state index in [0.717, 1.165) is 0 Å². The Morgan fingerprint density at radius 1 is 1.06 bits per heavy atom. The molecule has 0 bridgehead atoms. The number of rotatable bonds is 1. The largest absolute Gasteiger partial charge is 0.421 e. The van der Waals surface area contributed by atoms with E-state index in [1.165, 1.54) is 0 Å². The summed E-state index contributed by atoms with van der Waals surface area (Å²) < 4.78 is 80.7. The van der Waals surface area contributed by atoms with Crippen LogP contribution in [0, 0.1) is 0 Å². The molecule has 0 amide bonds. The number of halogens is 6. The lowest BCUT2D eigenvalue weighted by Gasteiger charge is -2.46. The van der Waals surface area contributed by atoms with Gasteiger partial charge in [-0.1, -0.05) is 12.7 Å². The van der Waals surface area contributed by atoms with Crippen molar-refractivity contribution in [1.29, 1.82) is 0 Å². The van der Waals surface area contributed by atoms with Gasteiger partial charge in [0.15, 0.2) is 11.2 Å². The fourth-order valence-electron chi connectivity index (χ4n) is 1.85. The van der Waals surface area contributed by atoms with Crippen molar-refractivity contribution in [3.05, 3.63) is 12.7 Å². The summed E-state index contributed by atoms with van der Waals surface area (Å²) in [5, 5.41) is 0. The van der Waals surface area contributed by atoms with Gasteiger partial charge in [-0.25, -0.2) is 0 Å². The van der Waals surface area contributed by atoms with Crippen molar-refractivity contribution in [2.45, 2.75) is 49.7 Å². The molecule has 2 atom stereocenters. The lowest BCUT2D eigenvalue weighted by Crippen LogP contribution is -2.59. The molecule has 1 saturated heterocycles. The maximum atomic E-state index is 12.8. The number of hydrogen-bond acceptors (Lipinski definition) is 1. The highest BCUT2D eigenvalue weighted by Gasteiger charge is 2.64. The molecule has 0 aromatic rings. The Kier molecular flexibility index (Phi) is 3.29. The van der Waals surface area contributed by atoms with Crippen LogP contribution in [0.25, 0.3) is 0 Å². The molecule has 1 aliphatic heterocycles. The van der Waals surface area contributed by atoms with Crippen molar-refractivity contribution in [3.63, 3.8) is 0 Å². The van der Waals surface area contributed by atoms with Gasteiger partial charge in [0.05, 0.1) is 0 Å². The van der Waals surface area contributed by atoms with Gasteiger partial charge in [0, 0.05) is 0 Å². The summed E-state index contributed by atoms with van der Waals surface area (Å²) in [5.74, 6) is 0. The highest BCUT2D eigenvalue weighted by atomic mass is 19.4. The Hall–Kier alpha value is -0.720. The minimum atomic E-state index is -4.90. The number of hydrogen-bond donors (Lipinski definition) is 0. The van der Waals surface area contributed by atoms with E-state index in [4.69, 9.17) is 0 Å². The summed E-state index contributed by atoms with van der Waals surface area (Å²) in [6, 6.07) is 0. The smallest absolute Gasteiger partial charge is 0.346 e. The molecule has 1 nitrogen and oxygen atoms in total. The number of ether oxygens (including phenoxy) is 1. The molecule has 0 aromatic heterocycles. The predicted molar refractivity (Wildman–Crippen MR) is 48.4 cm³/mol. The summed E-state index contributed by atoms with van der Waals surface area (Å²) >= 11 is 0. The molecular weight excluding hydrogens is 250 g/mol. The van der Waals surface area contributed by atoms with Crippen LogP contribution in [0.15, 0.2) is 12.7 Å². The van der Waals surface area contributed by atoms with Crippen molar-refractivity contribution in [2.75, 3.05) is 0 Å². The van der Waals surface area contributed by atoms with Gasteiger partial charge < -0.3 is 4.74 Å². The van der Waals surface area contributed by atoms with E-state index in [9.17, 15) is 26.3 Å². The Morgan fingerprint density at radius 2 is 1.59 bits per heavy atom. The van der Waals surface area contributed by atoms with Crippen molar-refractivity contribution >= 4 is 0 Å². The van der Waals surface area contributed by atoms with Gasteiger partial charge >= 0.3 is 12.4 Å². The Labute approximate surface area is 94.4 Å². The molecule has 1 fully saturated rings. The molecule has 0 N–H and O–H groups in total. The molecule has 0 spiro atoms. The van der Waals surface area contributed by atoms with Crippen LogP contribution in [0.2, 0.25) is 0 Å². The van der Waals surface area contributed by atoms with Gasteiger partial charge in [0.1, 0.15) is 0 Å². The average molecular weight is 262 g/mol. The van der Waals surface area contributed by atoms with Crippen LogP contribution in [0.1, 0.15) is 26.2 Å². The Morgan fingerprint density at radius 3 is 1.94 bits per heavy atom. The molecule has 7 heteroatoms. The highest BCUT2D eigenvalue weighted by molar-refractivity contribution is 5.08. The van der Waals surface area contributed by atoms with E-state index in [0.29, 0.717) is 13.0 Å². The Bertz CT molecular complexity index is 307. The molecule has 0 aromatic carbocycles. The second-order valence-electron chi connectivity index (χ2n) is 4.28. The van der Waals surface area contributed by atoms with E-state index in [1.54, 1.807) is 0 Å². The fourth-order valence-corrected chi connectivity index (χ4v) is 1.85. The topological polar surface area (TPSA) is 9.23 Å². The molecule has 1 aliphatic rings. The predicted octanol–water partition coefficient (Wildman–Crippen LogP) is 4.00. The van der Waals surface area contributed by atoms with Crippen LogP contribution >= 0.6 is 0 Å². The van der Waals surface area contributed by atoms with Gasteiger partial charge in [0.25, 0.3) is 0 Å². The summed E-state index contributed by atoms with van der Waals surface area (Å²) in [7, 11) is 0. The lowest BCUT2D eigenvalue weighted by molar-refractivity contribution is -0.363. The van der Waals surface area contributed by atoms with Crippen LogP contribution in [0.5, 0.6) is 0 Å². The molecule has 2 unspecified atom stereocenters. The van der Waals surface area contributed by atoms with Crippen molar-refractivity contribution in [1.82, 2.24) is 0 Å². The second kappa shape index (κ2) is 3.90. The molecular formula is C10H12F6O. The zero-order valence-corrected chi connectivity index (χ0v) is 9.08. The Balaban J connectivity index is 3.11. The number of alkyl halides is 6. The van der Waals surface area contributed by atoms with E-state index < -0.39 is 36.4 Å². The lowest BCUT2D eigenvalue weighted by atomic mass is 9.85. The van der Waals surface area contributed by atoms with Gasteiger partial charge in [-0.05, 0) is 26.2 Å². The summed E-state index contributed by atoms with van der Waals surface area (Å²) in [6.45, 7) is 3.59. The molecule has 17 heavy (non-hydrogen) atoms. The first kappa shape index (κ1) is 14.3. The van der Waals surface area contributed by atoms with Crippen LogP contribution in [0.4, 0.5) is 26.3 Å². The normalized spacial score (nSPS) is 35.7. The van der Waals surface area contributed by atoms with E-state index in [-0.39, 0.29) is 6.42 Å². The van der Waals surface area contributed by atoms with Crippen LogP contribution in [0.3, 0.4) is 0 Å². The standard InChI is InChI=1S/C10H12F6O/c1-3-8(10(14,15)16)6-4-5-7(2,17-8)9(11,12)13/h3H,1,4-6H2,2H3. The maximum Gasteiger partial charge on any atom is 0.421 e. The summed E-state index contributed by atoms with van der Waals surface area (Å²) in [5.41, 5.74) is -5.69. The first-order valence-electron chi connectivity index (χ1n) is 4.95. The molecule has 100 valence electrons. The summed E-state index contributed by atoms with van der Waals surface area (Å²) in [6.07, 6.45) is -10.6. The summed E-state index contributed by atoms with van der Waals surface area (Å²) in [4.78, 5) is 0. The van der Waals surface area contributed by atoms with Crippen molar-refractivity contribution in [2.24, 2.45) is 0 Å². The second-order valence-corrected chi connectivity index (χ2v) is 4.28. The molecule has 0 saturated carbocycles. The fraction of sp³-hybridized carbons (Fsp3) is 0.800. The first-order chi connectivity index (χ1) is 7.47. The minimum Gasteiger partial charge on any atom is -0.346 e. The van der Waals surface area contributed by atoms with E-state index in [2.05, 4.69) is 11.3 Å². The van der Waals surface area contributed by atoms with Gasteiger partial charge in [-0.15, -0.1) is 0 Å². The third-order valence-electron chi connectivity index (χ3n) is 3.02. The maximum absolute atomic E-state index is 12.8. The van der Waals surface area contributed by atoms with Crippen LogP contribution in [-0.2, 0) is 4.74 Å². The van der Waals surface area contributed by atoms with Crippen LogP contribution in [-0.4, -0.2) is 23.6 Å². The van der Waals surface area contributed by atoms with Gasteiger partial charge in [-0.2, -0.15) is 26.3 Å². The first-order valence-corrected chi connectivity index (χ1v) is 4.95. The van der Waals surface area contributed by atoms with Crippen LogP contribution < -0.4 is 0 Å². The molecule has 1 heterocycles. The third-order valence-corrected chi connectivity index (χ3v) is 3.02. The molecule has 0 radical (unpaired) electrons. The SMILES string of the molecule is C=CC1(C(F)(F)F)CCCC(C)(C(F)(F)F)O1. The van der Waals surface area contributed by atoms with E-state index >= 15 is 0 Å². The monoisotopic (exact) mass is 262 g/mol. The minimum absolute atomic E-state index is 0.221. The van der Waals surface area contributed by atoms with Crippen molar-refractivity contribution in [3.8, 4) is 0 Å². The average Bonchev–Trinajstić information content (AvgIpc) is 2.14. The van der Waals surface area contributed by atoms with Crippen molar-refractivity contribution < 1.29 is 31.1 Å². The van der Waals surface area contributed by atoms with Gasteiger partial charge in [0.2, 0.25) is 0 Å². The highest BCUT2D eigenvalue weighted by Crippen LogP contribution is 2.50. The molecule has 1 rings (SSSR count). The molecule has 0 aliphatic carbocycles. The zero-order valence-electron chi connectivity index (χ0n) is 9.08.